The number of rotatable bonds is 4. The quantitative estimate of drug-likeness (QED) is 0.873. The van der Waals surface area contributed by atoms with Gasteiger partial charge in [0.2, 0.25) is 0 Å². The second-order valence-electron chi connectivity index (χ2n) is 4.28. The number of piperidine rings is 1. The summed E-state index contributed by atoms with van der Waals surface area (Å²) in [5.41, 5.74) is 7.26. The molecule has 1 atom stereocenters. The van der Waals surface area contributed by atoms with E-state index in [0.717, 1.165) is 25.9 Å². The van der Waals surface area contributed by atoms with Gasteiger partial charge in [-0.2, -0.15) is 11.3 Å². The lowest BCUT2D eigenvalue weighted by molar-refractivity contribution is 0.0281. The Balaban J connectivity index is 1.96. The Morgan fingerprint density at radius 2 is 2.31 bits per heavy atom. The van der Waals surface area contributed by atoms with Crippen LogP contribution in [-0.4, -0.2) is 37.7 Å². The molecule has 0 saturated carbocycles. The first-order valence-electron chi connectivity index (χ1n) is 5.84. The summed E-state index contributed by atoms with van der Waals surface area (Å²) in [6.45, 7) is 2.89. The SMILES string of the molecule is COC1CCN(C(CN)c2ccsc2)CC1. The number of ether oxygens (including phenoxy) is 1. The predicted octanol–water partition coefficient (Wildman–Crippen LogP) is 1.86. The summed E-state index contributed by atoms with van der Waals surface area (Å²) >= 11 is 1.75. The predicted molar refractivity (Wildman–Crippen MR) is 67.7 cm³/mol. The molecular weight excluding hydrogens is 220 g/mol. The molecule has 0 radical (unpaired) electrons. The van der Waals surface area contributed by atoms with E-state index in [0.29, 0.717) is 18.7 Å². The Morgan fingerprint density at radius 1 is 1.56 bits per heavy atom. The van der Waals surface area contributed by atoms with E-state index < -0.39 is 0 Å². The van der Waals surface area contributed by atoms with Gasteiger partial charge < -0.3 is 10.5 Å². The highest BCUT2D eigenvalue weighted by molar-refractivity contribution is 7.07. The van der Waals surface area contributed by atoms with Crippen LogP contribution in [-0.2, 0) is 4.74 Å². The summed E-state index contributed by atoms with van der Waals surface area (Å²) in [7, 11) is 1.81. The molecule has 0 amide bonds. The molecule has 0 aromatic carbocycles. The first-order valence-corrected chi connectivity index (χ1v) is 6.78. The fraction of sp³-hybridized carbons (Fsp3) is 0.667. The molecule has 1 aliphatic rings. The van der Waals surface area contributed by atoms with E-state index in [1.165, 1.54) is 5.56 Å². The first kappa shape index (κ1) is 12.0. The fourth-order valence-corrected chi connectivity index (χ4v) is 3.09. The summed E-state index contributed by atoms with van der Waals surface area (Å²) in [5.74, 6) is 0. The highest BCUT2D eigenvalue weighted by atomic mass is 32.1. The van der Waals surface area contributed by atoms with Crippen molar-refractivity contribution in [2.45, 2.75) is 25.0 Å². The van der Waals surface area contributed by atoms with Crippen molar-refractivity contribution >= 4 is 11.3 Å². The Hall–Kier alpha value is -0.420. The van der Waals surface area contributed by atoms with Gasteiger partial charge in [0.25, 0.3) is 0 Å². The third-order valence-electron chi connectivity index (χ3n) is 3.40. The van der Waals surface area contributed by atoms with E-state index in [1.807, 2.05) is 0 Å². The average Bonchev–Trinajstić information content (AvgIpc) is 2.85. The number of nitrogens with zero attached hydrogens (tertiary/aromatic N) is 1. The lowest BCUT2D eigenvalue weighted by atomic mass is 10.0. The van der Waals surface area contributed by atoms with Crippen LogP contribution in [0.3, 0.4) is 0 Å². The molecule has 3 nitrogen and oxygen atoms in total. The third-order valence-corrected chi connectivity index (χ3v) is 4.10. The van der Waals surface area contributed by atoms with Gasteiger partial charge in [0.1, 0.15) is 0 Å². The highest BCUT2D eigenvalue weighted by Gasteiger charge is 2.25. The summed E-state index contributed by atoms with van der Waals surface area (Å²) in [4.78, 5) is 2.48. The Kier molecular flexibility index (Phi) is 4.35. The van der Waals surface area contributed by atoms with Crippen LogP contribution in [0.1, 0.15) is 24.4 Å². The van der Waals surface area contributed by atoms with Crippen molar-refractivity contribution in [3.63, 3.8) is 0 Å². The zero-order valence-corrected chi connectivity index (χ0v) is 10.6. The van der Waals surface area contributed by atoms with Crippen LogP contribution in [0.5, 0.6) is 0 Å². The van der Waals surface area contributed by atoms with Gasteiger partial charge in [-0.05, 0) is 35.2 Å². The van der Waals surface area contributed by atoms with Gasteiger partial charge in [0, 0.05) is 32.8 Å². The number of nitrogens with two attached hydrogens (primary N) is 1. The van der Waals surface area contributed by atoms with Crippen molar-refractivity contribution in [2.75, 3.05) is 26.7 Å². The van der Waals surface area contributed by atoms with E-state index in [2.05, 4.69) is 21.7 Å². The number of hydrogen-bond donors (Lipinski definition) is 1. The lowest BCUT2D eigenvalue weighted by Gasteiger charge is -2.36. The van der Waals surface area contributed by atoms with E-state index in [-0.39, 0.29) is 0 Å². The smallest absolute Gasteiger partial charge is 0.0595 e. The molecule has 1 unspecified atom stereocenters. The second-order valence-corrected chi connectivity index (χ2v) is 5.06. The lowest BCUT2D eigenvalue weighted by Crippen LogP contribution is -2.41. The van der Waals surface area contributed by atoms with Crippen LogP contribution < -0.4 is 5.73 Å². The van der Waals surface area contributed by atoms with Crippen molar-refractivity contribution in [3.8, 4) is 0 Å². The van der Waals surface area contributed by atoms with Crippen molar-refractivity contribution in [2.24, 2.45) is 5.73 Å². The van der Waals surface area contributed by atoms with Gasteiger partial charge in [-0.3, -0.25) is 4.90 Å². The molecule has 2 rings (SSSR count). The minimum Gasteiger partial charge on any atom is -0.381 e. The topological polar surface area (TPSA) is 38.5 Å². The molecule has 2 heterocycles. The maximum absolute atomic E-state index is 5.89. The van der Waals surface area contributed by atoms with Crippen LogP contribution in [0, 0.1) is 0 Å². The molecule has 16 heavy (non-hydrogen) atoms. The van der Waals surface area contributed by atoms with Crippen LogP contribution in [0.15, 0.2) is 16.8 Å². The summed E-state index contributed by atoms with van der Waals surface area (Å²) in [6.07, 6.45) is 2.69. The van der Waals surface area contributed by atoms with Gasteiger partial charge in [0.05, 0.1) is 6.10 Å². The highest BCUT2D eigenvalue weighted by Crippen LogP contribution is 2.25. The van der Waals surface area contributed by atoms with Gasteiger partial charge in [-0.1, -0.05) is 0 Å². The average molecular weight is 240 g/mol. The standard InChI is InChI=1S/C12H20N2OS/c1-15-11-2-5-14(6-3-11)12(8-13)10-4-7-16-9-10/h4,7,9,11-12H,2-3,5-6,8,13H2,1H3. The second kappa shape index (κ2) is 5.77. The maximum atomic E-state index is 5.89. The van der Waals surface area contributed by atoms with Gasteiger partial charge in [-0.25, -0.2) is 0 Å². The van der Waals surface area contributed by atoms with Gasteiger partial charge in [-0.15, -0.1) is 0 Å². The zero-order chi connectivity index (χ0) is 11.4. The Bertz CT molecular complexity index is 294. The van der Waals surface area contributed by atoms with Crippen molar-refractivity contribution in [1.82, 2.24) is 4.90 Å². The summed E-state index contributed by atoms with van der Waals surface area (Å²) in [5, 5.41) is 4.33. The van der Waals surface area contributed by atoms with Crippen LogP contribution in [0.25, 0.3) is 0 Å². The van der Waals surface area contributed by atoms with Gasteiger partial charge >= 0.3 is 0 Å². The third kappa shape index (κ3) is 2.63. The molecule has 1 aromatic rings. The van der Waals surface area contributed by atoms with E-state index >= 15 is 0 Å². The zero-order valence-electron chi connectivity index (χ0n) is 9.76. The number of hydrogen-bond acceptors (Lipinski definition) is 4. The van der Waals surface area contributed by atoms with Crippen molar-refractivity contribution in [1.29, 1.82) is 0 Å². The molecule has 1 aliphatic heterocycles. The summed E-state index contributed by atoms with van der Waals surface area (Å²) in [6, 6.07) is 2.58. The largest absolute Gasteiger partial charge is 0.381 e. The van der Waals surface area contributed by atoms with Crippen molar-refractivity contribution in [3.05, 3.63) is 22.4 Å². The summed E-state index contributed by atoms with van der Waals surface area (Å²) < 4.78 is 5.39. The van der Waals surface area contributed by atoms with Crippen molar-refractivity contribution < 1.29 is 4.74 Å². The number of thiophene rings is 1. The molecular formula is C12H20N2OS. The Labute approximate surface area is 101 Å². The number of methoxy groups -OCH3 is 1. The minimum absolute atomic E-state index is 0.393. The molecule has 0 bridgehead atoms. The molecule has 2 N–H and O–H groups in total. The van der Waals surface area contributed by atoms with E-state index in [9.17, 15) is 0 Å². The van der Waals surface area contributed by atoms with Gasteiger partial charge in [0.15, 0.2) is 0 Å². The molecule has 0 spiro atoms. The number of likely N-dealkylation sites (tertiary alicyclic amines) is 1. The normalized spacial score (nSPS) is 21.1. The molecule has 1 fully saturated rings. The molecule has 4 heteroatoms. The fourth-order valence-electron chi connectivity index (χ4n) is 2.38. The van der Waals surface area contributed by atoms with Crippen LogP contribution in [0.4, 0.5) is 0 Å². The molecule has 90 valence electrons. The molecule has 1 saturated heterocycles. The van der Waals surface area contributed by atoms with Crippen LogP contribution >= 0.6 is 11.3 Å². The Morgan fingerprint density at radius 3 is 2.81 bits per heavy atom. The first-order chi connectivity index (χ1) is 7.85. The van der Waals surface area contributed by atoms with E-state index in [1.54, 1.807) is 18.4 Å². The molecule has 1 aromatic heterocycles. The minimum atomic E-state index is 0.393. The monoisotopic (exact) mass is 240 g/mol. The van der Waals surface area contributed by atoms with Crippen LogP contribution in [0.2, 0.25) is 0 Å². The maximum Gasteiger partial charge on any atom is 0.0595 e. The van der Waals surface area contributed by atoms with E-state index in [4.69, 9.17) is 10.5 Å². The molecule has 0 aliphatic carbocycles.